The van der Waals surface area contributed by atoms with E-state index in [1.807, 2.05) is 36.4 Å². The molecule has 0 spiro atoms. The molecule has 2 amide bonds. The summed E-state index contributed by atoms with van der Waals surface area (Å²) in [6.07, 6.45) is -0.923. The zero-order chi connectivity index (χ0) is 18.5. The molecule has 3 aromatic rings. The quantitative estimate of drug-likeness (QED) is 0.618. The Kier molecular flexibility index (Phi) is 5.51. The lowest BCUT2D eigenvalue weighted by atomic mass is 10.0. The predicted octanol–water partition coefficient (Wildman–Crippen LogP) is 3.28. The molecular formula is C20H17ClN2O3. The number of fused-ring (bicyclic) bond motifs is 1. The molecule has 0 fully saturated rings. The van der Waals surface area contributed by atoms with Crippen LogP contribution in [0.3, 0.4) is 0 Å². The van der Waals surface area contributed by atoms with E-state index < -0.39 is 17.9 Å². The Morgan fingerprint density at radius 1 is 0.923 bits per heavy atom. The first kappa shape index (κ1) is 17.9. The molecule has 3 rings (SSSR count). The topological polar surface area (TPSA) is 78.4 Å². The van der Waals surface area contributed by atoms with Gasteiger partial charge in [-0.1, -0.05) is 54.1 Å². The summed E-state index contributed by atoms with van der Waals surface area (Å²) in [5.74, 6) is -1.63. The van der Waals surface area contributed by atoms with E-state index in [-0.39, 0.29) is 6.54 Å². The fourth-order valence-corrected chi connectivity index (χ4v) is 2.77. The molecule has 0 saturated heterocycles. The molecule has 3 aromatic carbocycles. The van der Waals surface area contributed by atoms with Crippen molar-refractivity contribution in [3.05, 3.63) is 77.3 Å². The molecule has 132 valence electrons. The zero-order valence-electron chi connectivity index (χ0n) is 13.8. The third-order valence-corrected chi connectivity index (χ3v) is 4.20. The number of benzene rings is 3. The van der Waals surface area contributed by atoms with Crippen LogP contribution >= 0.6 is 11.6 Å². The van der Waals surface area contributed by atoms with Gasteiger partial charge < -0.3 is 15.7 Å². The van der Waals surface area contributed by atoms with Gasteiger partial charge in [-0.3, -0.25) is 9.59 Å². The first-order valence-corrected chi connectivity index (χ1v) is 8.43. The number of hydrogen-bond donors (Lipinski definition) is 3. The lowest BCUT2D eigenvalue weighted by molar-refractivity contribution is -0.136. The maximum Gasteiger partial charge on any atom is 0.313 e. The third kappa shape index (κ3) is 4.20. The molecule has 0 heterocycles. The second-order valence-corrected chi connectivity index (χ2v) is 6.19. The van der Waals surface area contributed by atoms with Gasteiger partial charge in [-0.25, -0.2) is 0 Å². The maximum absolute atomic E-state index is 12.0. The highest BCUT2D eigenvalue weighted by Crippen LogP contribution is 2.23. The third-order valence-electron chi connectivity index (χ3n) is 3.95. The molecule has 0 radical (unpaired) electrons. The molecule has 0 aromatic heterocycles. The summed E-state index contributed by atoms with van der Waals surface area (Å²) in [4.78, 5) is 23.9. The molecule has 0 aliphatic carbocycles. The van der Waals surface area contributed by atoms with Crippen LogP contribution < -0.4 is 10.6 Å². The summed E-state index contributed by atoms with van der Waals surface area (Å²) < 4.78 is 0. The molecule has 0 bridgehead atoms. The molecule has 0 aliphatic rings. The minimum atomic E-state index is -0.923. The van der Waals surface area contributed by atoms with Crippen LogP contribution in [0, 0.1) is 0 Å². The van der Waals surface area contributed by atoms with Crippen molar-refractivity contribution in [1.82, 2.24) is 5.32 Å². The number of carbonyl (C=O) groups is 2. The molecule has 0 saturated carbocycles. The van der Waals surface area contributed by atoms with Crippen molar-refractivity contribution in [2.45, 2.75) is 6.10 Å². The van der Waals surface area contributed by atoms with Gasteiger partial charge in [0.1, 0.15) is 0 Å². The average Bonchev–Trinajstić information content (AvgIpc) is 2.67. The monoisotopic (exact) mass is 368 g/mol. The SMILES string of the molecule is O=C(NCC(O)c1cccc2ccccc12)C(=O)Nc1ccc(Cl)cc1. The summed E-state index contributed by atoms with van der Waals surface area (Å²) >= 11 is 5.78. The van der Waals surface area contributed by atoms with Gasteiger partial charge in [-0.2, -0.15) is 0 Å². The Labute approximate surface area is 155 Å². The molecule has 1 unspecified atom stereocenters. The van der Waals surface area contributed by atoms with E-state index >= 15 is 0 Å². The van der Waals surface area contributed by atoms with Crippen LogP contribution in [0.1, 0.15) is 11.7 Å². The number of carbonyl (C=O) groups excluding carboxylic acids is 2. The minimum Gasteiger partial charge on any atom is -0.387 e. The van der Waals surface area contributed by atoms with Crippen molar-refractivity contribution in [3.8, 4) is 0 Å². The van der Waals surface area contributed by atoms with Crippen molar-refractivity contribution in [3.63, 3.8) is 0 Å². The summed E-state index contributed by atoms with van der Waals surface area (Å²) in [7, 11) is 0. The molecule has 5 nitrogen and oxygen atoms in total. The Bertz CT molecular complexity index is 936. The summed E-state index contributed by atoms with van der Waals surface area (Å²) in [5, 5.41) is 17.8. The van der Waals surface area contributed by atoms with Gasteiger partial charge in [0, 0.05) is 17.3 Å². The normalized spacial score (nSPS) is 11.8. The van der Waals surface area contributed by atoms with E-state index in [4.69, 9.17) is 11.6 Å². The first-order chi connectivity index (χ1) is 12.5. The smallest absolute Gasteiger partial charge is 0.313 e. The van der Waals surface area contributed by atoms with E-state index in [2.05, 4.69) is 10.6 Å². The van der Waals surface area contributed by atoms with Crippen LogP contribution in [0.15, 0.2) is 66.7 Å². The van der Waals surface area contributed by atoms with Gasteiger partial charge >= 0.3 is 11.8 Å². The number of nitrogens with one attached hydrogen (secondary N) is 2. The second kappa shape index (κ2) is 7.99. The van der Waals surface area contributed by atoms with Crippen molar-refractivity contribution < 1.29 is 14.7 Å². The number of halogens is 1. The van der Waals surface area contributed by atoms with Gasteiger partial charge in [-0.15, -0.1) is 0 Å². The largest absolute Gasteiger partial charge is 0.387 e. The highest BCUT2D eigenvalue weighted by atomic mass is 35.5. The molecule has 3 N–H and O–H groups in total. The number of aliphatic hydroxyl groups excluding tert-OH is 1. The van der Waals surface area contributed by atoms with E-state index in [0.717, 1.165) is 10.8 Å². The lowest BCUT2D eigenvalue weighted by Gasteiger charge is -2.14. The summed E-state index contributed by atoms with van der Waals surface area (Å²) in [6.45, 7) is -0.0686. The van der Waals surface area contributed by atoms with Crippen molar-refractivity contribution in [1.29, 1.82) is 0 Å². The van der Waals surface area contributed by atoms with E-state index in [9.17, 15) is 14.7 Å². The van der Waals surface area contributed by atoms with Crippen LogP contribution in [0.25, 0.3) is 10.8 Å². The van der Waals surface area contributed by atoms with Crippen LogP contribution in [0.2, 0.25) is 5.02 Å². The van der Waals surface area contributed by atoms with Crippen LogP contribution in [0.5, 0.6) is 0 Å². The second-order valence-electron chi connectivity index (χ2n) is 5.76. The van der Waals surface area contributed by atoms with Gasteiger partial charge in [0.25, 0.3) is 0 Å². The van der Waals surface area contributed by atoms with E-state index in [1.165, 1.54) is 0 Å². The lowest BCUT2D eigenvalue weighted by Crippen LogP contribution is -2.37. The van der Waals surface area contributed by atoms with Gasteiger partial charge in [0.2, 0.25) is 0 Å². The van der Waals surface area contributed by atoms with Gasteiger partial charge in [0.15, 0.2) is 0 Å². The minimum absolute atomic E-state index is 0.0686. The molecule has 1 atom stereocenters. The number of amides is 2. The first-order valence-electron chi connectivity index (χ1n) is 8.05. The number of hydrogen-bond acceptors (Lipinski definition) is 3. The Hall–Kier alpha value is -2.89. The molecule has 6 heteroatoms. The highest BCUT2D eigenvalue weighted by Gasteiger charge is 2.17. The fourth-order valence-electron chi connectivity index (χ4n) is 2.64. The molecular weight excluding hydrogens is 352 g/mol. The average molecular weight is 369 g/mol. The number of rotatable bonds is 4. The standard InChI is InChI=1S/C20H17ClN2O3/c21-14-8-10-15(11-9-14)23-20(26)19(25)22-12-18(24)17-7-3-5-13-4-1-2-6-16(13)17/h1-11,18,24H,12H2,(H,22,25)(H,23,26). The fraction of sp³-hybridized carbons (Fsp3) is 0.100. The van der Waals surface area contributed by atoms with Crippen LogP contribution in [-0.2, 0) is 9.59 Å². The van der Waals surface area contributed by atoms with Crippen molar-refractivity contribution >= 4 is 39.9 Å². The van der Waals surface area contributed by atoms with Crippen LogP contribution in [-0.4, -0.2) is 23.5 Å². The Morgan fingerprint density at radius 2 is 1.62 bits per heavy atom. The summed E-state index contributed by atoms with van der Waals surface area (Å²) in [5.41, 5.74) is 1.16. The molecule has 26 heavy (non-hydrogen) atoms. The maximum atomic E-state index is 12.0. The summed E-state index contributed by atoms with van der Waals surface area (Å²) in [6, 6.07) is 19.7. The molecule has 0 aliphatic heterocycles. The van der Waals surface area contributed by atoms with E-state index in [0.29, 0.717) is 16.3 Å². The highest BCUT2D eigenvalue weighted by molar-refractivity contribution is 6.39. The Balaban J connectivity index is 1.61. The van der Waals surface area contributed by atoms with Crippen LogP contribution in [0.4, 0.5) is 5.69 Å². The van der Waals surface area contributed by atoms with E-state index in [1.54, 1.807) is 30.3 Å². The van der Waals surface area contributed by atoms with Crippen molar-refractivity contribution in [2.75, 3.05) is 11.9 Å². The van der Waals surface area contributed by atoms with Crippen molar-refractivity contribution in [2.24, 2.45) is 0 Å². The zero-order valence-corrected chi connectivity index (χ0v) is 14.5. The number of aliphatic hydroxyl groups is 1. The predicted molar refractivity (Wildman–Crippen MR) is 102 cm³/mol. The number of anilines is 1. The van der Waals surface area contributed by atoms with Gasteiger partial charge in [0.05, 0.1) is 6.10 Å². The Morgan fingerprint density at radius 3 is 2.38 bits per heavy atom. The van der Waals surface area contributed by atoms with Gasteiger partial charge in [-0.05, 0) is 40.6 Å².